The van der Waals surface area contributed by atoms with Gasteiger partial charge in [0.15, 0.2) is 0 Å². The number of fused-ring (bicyclic) bond motifs is 2. The number of thiophene rings is 1. The lowest BCUT2D eigenvalue weighted by molar-refractivity contribution is -0.137. The molecule has 2 aromatic heterocycles. The number of carbonyl (C=O) groups is 1. The number of halogens is 3. The first-order valence-corrected chi connectivity index (χ1v) is 10.2. The van der Waals surface area contributed by atoms with Crippen molar-refractivity contribution in [3.63, 3.8) is 0 Å². The number of nitrogens with zero attached hydrogens (tertiary/aromatic N) is 1. The van der Waals surface area contributed by atoms with Crippen molar-refractivity contribution >= 4 is 33.2 Å². The quantitative estimate of drug-likeness (QED) is 0.559. The standard InChI is InChI=1S/C21H19F3N2O2S/c1-2-28-20(27)18-17(25)16-15(11-7-9-12(10-8-11)21(22,23)24)13-5-3-4-6-14(13)26-19(16)29-18/h7-10H,2-6,25H2,1H3. The molecule has 0 saturated carbocycles. The number of anilines is 1. The third-order valence-corrected chi connectivity index (χ3v) is 6.19. The number of hydrogen-bond donors (Lipinski definition) is 1. The summed E-state index contributed by atoms with van der Waals surface area (Å²) in [6, 6.07) is 5.08. The summed E-state index contributed by atoms with van der Waals surface area (Å²) in [5.74, 6) is -0.510. The zero-order chi connectivity index (χ0) is 20.8. The molecule has 0 unspecified atom stereocenters. The van der Waals surface area contributed by atoms with Gasteiger partial charge in [0.25, 0.3) is 0 Å². The number of alkyl halides is 3. The maximum atomic E-state index is 13.0. The average Bonchev–Trinajstić information content (AvgIpc) is 3.02. The van der Waals surface area contributed by atoms with Crippen LogP contribution < -0.4 is 5.73 Å². The summed E-state index contributed by atoms with van der Waals surface area (Å²) in [6.07, 6.45) is -0.847. The van der Waals surface area contributed by atoms with Crippen LogP contribution >= 0.6 is 11.3 Å². The first-order chi connectivity index (χ1) is 13.8. The predicted octanol–water partition coefficient (Wildman–Crippen LogP) is 5.62. The van der Waals surface area contributed by atoms with Crippen LogP contribution in [0.4, 0.5) is 18.9 Å². The van der Waals surface area contributed by atoms with Crippen LogP contribution in [-0.2, 0) is 23.8 Å². The van der Waals surface area contributed by atoms with Crippen molar-refractivity contribution < 1.29 is 22.7 Å². The Bertz CT molecular complexity index is 1090. The molecule has 0 aliphatic heterocycles. The number of pyridine rings is 1. The minimum Gasteiger partial charge on any atom is -0.462 e. The summed E-state index contributed by atoms with van der Waals surface area (Å²) in [6.45, 7) is 1.94. The molecule has 0 spiro atoms. The molecule has 1 aromatic carbocycles. The van der Waals surface area contributed by atoms with E-state index < -0.39 is 17.7 Å². The summed E-state index contributed by atoms with van der Waals surface area (Å²) in [5, 5.41) is 0.624. The second-order valence-electron chi connectivity index (χ2n) is 6.94. The fraction of sp³-hybridized carbons (Fsp3) is 0.333. The molecule has 0 fully saturated rings. The lowest BCUT2D eigenvalue weighted by atomic mass is 9.87. The van der Waals surface area contributed by atoms with Crippen LogP contribution in [0.15, 0.2) is 24.3 Å². The number of nitrogens with two attached hydrogens (primary N) is 1. The average molecular weight is 420 g/mol. The van der Waals surface area contributed by atoms with Crippen LogP contribution in [0, 0.1) is 0 Å². The Morgan fingerprint density at radius 1 is 1.21 bits per heavy atom. The van der Waals surface area contributed by atoms with E-state index in [4.69, 9.17) is 15.5 Å². The van der Waals surface area contributed by atoms with Crippen molar-refractivity contribution in [2.24, 2.45) is 0 Å². The first-order valence-electron chi connectivity index (χ1n) is 9.39. The fourth-order valence-electron chi connectivity index (χ4n) is 3.80. The molecule has 0 saturated heterocycles. The highest BCUT2D eigenvalue weighted by molar-refractivity contribution is 7.21. The summed E-state index contributed by atoms with van der Waals surface area (Å²) in [7, 11) is 0. The van der Waals surface area contributed by atoms with E-state index in [1.807, 2.05) is 0 Å². The second kappa shape index (κ2) is 7.33. The highest BCUT2D eigenvalue weighted by atomic mass is 32.1. The predicted molar refractivity (Wildman–Crippen MR) is 107 cm³/mol. The summed E-state index contributed by atoms with van der Waals surface area (Å²) >= 11 is 1.17. The van der Waals surface area contributed by atoms with Crippen LogP contribution in [0.2, 0.25) is 0 Å². The lowest BCUT2D eigenvalue weighted by Crippen LogP contribution is -2.09. The number of esters is 1. The van der Waals surface area contributed by atoms with Crippen molar-refractivity contribution in [2.75, 3.05) is 12.3 Å². The first kappa shape index (κ1) is 19.7. The van der Waals surface area contributed by atoms with Gasteiger partial charge in [0.1, 0.15) is 9.71 Å². The molecule has 0 amide bonds. The maximum Gasteiger partial charge on any atom is 0.416 e. The molecule has 8 heteroatoms. The molecule has 3 aromatic rings. The largest absolute Gasteiger partial charge is 0.462 e. The number of hydrogen-bond acceptors (Lipinski definition) is 5. The number of aryl methyl sites for hydroxylation is 1. The van der Waals surface area contributed by atoms with Crippen molar-refractivity contribution in [1.82, 2.24) is 4.98 Å². The number of aromatic nitrogens is 1. The van der Waals surface area contributed by atoms with Crippen LogP contribution in [0.5, 0.6) is 0 Å². The number of ether oxygens (including phenoxy) is 1. The molecule has 4 nitrogen and oxygen atoms in total. The van der Waals surface area contributed by atoms with E-state index in [0.717, 1.165) is 54.6 Å². The van der Waals surface area contributed by atoms with Gasteiger partial charge in [-0.3, -0.25) is 0 Å². The number of nitrogen functional groups attached to an aromatic ring is 1. The Hall–Kier alpha value is -2.61. The van der Waals surface area contributed by atoms with E-state index in [1.54, 1.807) is 6.92 Å². The molecule has 152 valence electrons. The van der Waals surface area contributed by atoms with E-state index >= 15 is 0 Å². The molecular weight excluding hydrogens is 401 g/mol. The number of carbonyl (C=O) groups excluding carboxylic acids is 1. The Kier molecular flexibility index (Phi) is 4.98. The Morgan fingerprint density at radius 2 is 1.90 bits per heavy atom. The van der Waals surface area contributed by atoms with Gasteiger partial charge in [0, 0.05) is 11.1 Å². The van der Waals surface area contributed by atoms with E-state index in [9.17, 15) is 18.0 Å². The van der Waals surface area contributed by atoms with Crippen molar-refractivity contribution in [3.8, 4) is 11.1 Å². The van der Waals surface area contributed by atoms with Crippen molar-refractivity contribution in [3.05, 3.63) is 46.0 Å². The number of rotatable bonds is 3. The van der Waals surface area contributed by atoms with E-state index in [1.165, 1.54) is 23.5 Å². The number of benzene rings is 1. The van der Waals surface area contributed by atoms with E-state index in [-0.39, 0.29) is 17.2 Å². The zero-order valence-corrected chi connectivity index (χ0v) is 16.5. The lowest BCUT2D eigenvalue weighted by Gasteiger charge is -2.20. The van der Waals surface area contributed by atoms with Gasteiger partial charge < -0.3 is 10.5 Å². The molecular formula is C21H19F3N2O2S. The van der Waals surface area contributed by atoms with Crippen molar-refractivity contribution in [2.45, 2.75) is 38.8 Å². The van der Waals surface area contributed by atoms with Crippen LogP contribution in [0.3, 0.4) is 0 Å². The molecule has 29 heavy (non-hydrogen) atoms. The normalized spacial score (nSPS) is 14.1. The Labute approximate surface area is 169 Å². The molecule has 0 bridgehead atoms. The minimum atomic E-state index is -4.40. The van der Waals surface area contributed by atoms with Gasteiger partial charge >= 0.3 is 12.1 Å². The molecule has 0 radical (unpaired) electrons. The Morgan fingerprint density at radius 3 is 2.55 bits per heavy atom. The SMILES string of the molecule is CCOC(=O)c1sc2nc3c(c(-c4ccc(C(F)(F)F)cc4)c2c1N)CCCC3. The maximum absolute atomic E-state index is 13.0. The summed E-state index contributed by atoms with van der Waals surface area (Å²) in [4.78, 5) is 17.9. The summed E-state index contributed by atoms with van der Waals surface area (Å²) < 4.78 is 44.1. The van der Waals surface area contributed by atoms with E-state index in [0.29, 0.717) is 15.8 Å². The van der Waals surface area contributed by atoms with Gasteiger partial charge in [-0.15, -0.1) is 11.3 Å². The van der Waals surface area contributed by atoms with Crippen LogP contribution in [0.25, 0.3) is 21.3 Å². The zero-order valence-electron chi connectivity index (χ0n) is 15.7. The molecule has 1 aliphatic carbocycles. The molecule has 1 aliphatic rings. The topological polar surface area (TPSA) is 65.2 Å². The highest BCUT2D eigenvalue weighted by Crippen LogP contribution is 2.44. The smallest absolute Gasteiger partial charge is 0.416 e. The van der Waals surface area contributed by atoms with Crippen molar-refractivity contribution in [1.29, 1.82) is 0 Å². The molecule has 4 rings (SSSR count). The van der Waals surface area contributed by atoms with E-state index in [2.05, 4.69) is 0 Å². The van der Waals surface area contributed by atoms with Crippen LogP contribution in [0.1, 0.15) is 46.3 Å². The third kappa shape index (κ3) is 3.46. The van der Waals surface area contributed by atoms with Gasteiger partial charge in [-0.1, -0.05) is 12.1 Å². The monoisotopic (exact) mass is 420 g/mol. The third-order valence-electron chi connectivity index (χ3n) is 5.12. The molecule has 2 N–H and O–H groups in total. The van der Waals surface area contributed by atoms with Crippen LogP contribution in [-0.4, -0.2) is 17.6 Å². The van der Waals surface area contributed by atoms with Gasteiger partial charge in [-0.2, -0.15) is 13.2 Å². The fourth-order valence-corrected chi connectivity index (χ4v) is 4.82. The van der Waals surface area contributed by atoms with Gasteiger partial charge in [-0.05, 0) is 61.4 Å². The molecule has 0 atom stereocenters. The van der Waals surface area contributed by atoms with Gasteiger partial charge in [0.2, 0.25) is 0 Å². The second-order valence-corrected chi connectivity index (χ2v) is 7.94. The molecule has 2 heterocycles. The van der Waals surface area contributed by atoms with Gasteiger partial charge in [-0.25, -0.2) is 9.78 Å². The summed E-state index contributed by atoms with van der Waals surface area (Å²) in [5.41, 5.74) is 9.26. The Balaban J connectivity index is 1.97. The highest BCUT2D eigenvalue weighted by Gasteiger charge is 2.31. The minimum absolute atomic E-state index is 0.224. The van der Waals surface area contributed by atoms with Gasteiger partial charge in [0.05, 0.1) is 17.9 Å².